The van der Waals surface area contributed by atoms with Gasteiger partial charge in [0.05, 0.1) is 17.1 Å². The Hall–Kier alpha value is -2.64. The molecule has 3 aromatic rings. The summed E-state index contributed by atoms with van der Waals surface area (Å²) in [6, 6.07) is 14.5. The molecule has 5 nitrogen and oxygen atoms in total. The van der Waals surface area contributed by atoms with Crippen LogP contribution in [0, 0.1) is 0 Å². The van der Waals surface area contributed by atoms with Crippen LogP contribution in [0.2, 0.25) is 0 Å². The summed E-state index contributed by atoms with van der Waals surface area (Å²) in [7, 11) is -3.74. The van der Waals surface area contributed by atoms with E-state index in [1.807, 2.05) is 35.7 Å². The van der Waals surface area contributed by atoms with Crippen molar-refractivity contribution >= 4 is 43.7 Å². The molecule has 0 saturated heterocycles. The van der Waals surface area contributed by atoms with Crippen molar-refractivity contribution in [2.45, 2.75) is 11.4 Å². The molecule has 0 bridgehead atoms. The zero-order chi connectivity index (χ0) is 19.0. The minimum atomic E-state index is -3.74. The topological polar surface area (TPSA) is 57.7 Å². The molecule has 0 saturated carbocycles. The summed E-state index contributed by atoms with van der Waals surface area (Å²) in [5.41, 5.74) is 0.561. The molecular formula is C20H18N2O3S2. The summed E-state index contributed by atoms with van der Waals surface area (Å²) in [4.78, 5) is 15.9. The molecular weight excluding hydrogens is 380 g/mol. The lowest BCUT2D eigenvalue weighted by atomic mass is 10.1. The van der Waals surface area contributed by atoms with E-state index < -0.39 is 10.0 Å². The molecule has 4 rings (SSSR count). The van der Waals surface area contributed by atoms with Crippen LogP contribution in [0.4, 0.5) is 5.69 Å². The van der Waals surface area contributed by atoms with Gasteiger partial charge < -0.3 is 4.90 Å². The van der Waals surface area contributed by atoms with E-state index in [4.69, 9.17) is 0 Å². The van der Waals surface area contributed by atoms with Gasteiger partial charge in [0, 0.05) is 16.8 Å². The van der Waals surface area contributed by atoms with Gasteiger partial charge in [0.25, 0.3) is 10.0 Å². The SMILES string of the molecule is C=CCN(Cc1cccs1)C(=O)CN1c2cccc3cccc(c23)S1(=O)=O. The Morgan fingerprint density at radius 1 is 1.15 bits per heavy atom. The number of amides is 1. The van der Waals surface area contributed by atoms with Gasteiger partial charge in [-0.1, -0.05) is 36.4 Å². The summed E-state index contributed by atoms with van der Waals surface area (Å²) in [5, 5.41) is 3.49. The first-order valence-corrected chi connectivity index (χ1v) is 10.8. The number of anilines is 1. The van der Waals surface area contributed by atoms with Crippen LogP contribution in [0.5, 0.6) is 0 Å². The van der Waals surface area contributed by atoms with Crippen molar-refractivity contribution in [1.82, 2.24) is 4.90 Å². The van der Waals surface area contributed by atoms with Crippen molar-refractivity contribution in [3.8, 4) is 0 Å². The number of rotatable bonds is 6. The van der Waals surface area contributed by atoms with Gasteiger partial charge in [0.2, 0.25) is 5.91 Å². The maximum atomic E-state index is 13.0. The average molecular weight is 399 g/mol. The summed E-state index contributed by atoms with van der Waals surface area (Å²) in [6.07, 6.45) is 1.65. The summed E-state index contributed by atoms with van der Waals surface area (Å²) < 4.78 is 27.3. The minimum Gasteiger partial charge on any atom is -0.332 e. The van der Waals surface area contributed by atoms with Gasteiger partial charge in [-0.25, -0.2) is 8.42 Å². The second-order valence-corrected chi connectivity index (χ2v) is 9.15. The number of hydrogen-bond acceptors (Lipinski definition) is 4. The molecule has 0 radical (unpaired) electrons. The van der Waals surface area contributed by atoms with E-state index >= 15 is 0 Å². The highest BCUT2D eigenvalue weighted by Crippen LogP contribution is 2.41. The molecule has 27 heavy (non-hydrogen) atoms. The Balaban J connectivity index is 1.66. The standard InChI is InChI=1S/C20H18N2O3S2/c1-2-11-21(13-16-8-5-12-26-16)19(23)14-22-17-9-3-6-15-7-4-10-18(20(15)17)27(22,24)25/h2-10,12H,1,11,13-14H2. The van der Waals surface area contributed by atoms with Gasteiger partial charge in [0.1, 0.15) is 6.54 Å². The highest BCUT2D eigenvalue weighted by atomic mass is 32.2. The van der Waals surface area contributed by atoms with E-state index in [1.54, 1.807) is 40.5 Å². The Labute approximate surface area is 162 Å². The predicted molar refractivity (Wildman–Crippen MR) is 108 cm³/mol. The first-order chi connectivity index (χ1) is 13.0. The molecule has 0 aliphatic carbocycles. The Morgan fingerprint density at radius 2 is 1.93 bits per heavy atom. The lowest BCUT2D eigenvalue weighted by molar-refractivity contribution is -0.129. The van der Waals surface area contributed by atoms with Crippen LogP contribution in [0.3, 0.4) is 0 Å². The molecule has 0 fully saturated rings. The highest BCUT2D eigenvalue weighted by molar-refractivity contribution is 7.93. The number of benzene rings is 2. The normalized spacial score (nSPS) is 14.4. The molecule has 0 N–H and O–H groups in total. The van der Waals surface area contributed by atoms with Crippen molar-refractivity contribution in [3.63, 3.8) is 0 Å². The molecule has 138 valence electrons. The Morgan fingerprint density at radius 3 is 2.63 bits per heavy atom. The van der Waals surface area contributed by atoms with Crippen molar-refractivity contribution in [2.75, 3.05) is 17.4 Å². The molecule has 0 atom stereocenters. The maximum absolute atomic E-state index is 13.0. The molecule has 1 amide bonds. The molecule has 2 aromatic carbocycles. The minimum absolute atomic E-state index is 0.227. The van der Waals surface area contributed by atoms with E-state index in [9.17, 15) is 13.2 Å². The Bertz CT molecular complexity index is 1120. The molecule has 1 aliphatic heterocycles. The van der Waals surface area contributed by atoms with E-state index in [0.29, 0.717) is 24.2 Å². The largest absolute Gasteiger partial charge is 0.332 e. The van der Waals surface area contributed by atoms with Crippen molar-refractivity contribution < 1.29 is 13.2 Å². The molecule has 1 aliphatic rings. The van der Waals surface area contributed by atoms with Crippen LogP contribution in [0.25, 0.3) is 10.8 Å². The lowest BCUT2D eigenvalue weighted by Crippen LogP contribution is -2.41. The van der Waals surface area contributed by atoms with Crippen LogP contribution < -0.4 is 4.31 Å². The number of sulfonamides is 1. The fourth-order valence-corrected chi connectivity index (χ4v) is 5.73. The van der Waals surface area contributed by atoms with E-state index in [2.05, 4.69) is 6.58 Å². The number of nitrogens with zero attached hydrogens (tertiary/aromatic N) is 2. The summed E-state index contributed by atoms with van der Waals surface area (Å²) >= 11 is 1.56. The zero-order valence-corrected chi connectivity index (χ0v) is 16.2. The third-order valence-electron chi connectivity index (χ3n) is 4.59. The van der Waals surface area contributed by atoms with E-state index in [1.165, 1.54) is 4.31 Å². The van der Waals surface area contributed by atoms with Gasteiger partial charge >= 0.3 is 0 Å². The molecule has 1 aromatic heterocycles. The van der Waals surface area contributed by atoms with E-state index in [0.717, 1.165) is 10.3 Å². The fourth-order valence-electron chi connectivity index (χ4n) is 3.35. The van der Waals surface area contributed by atoms with Crippen LogP contribution in [0.15, 0.2) is 71.5 Å². The quantitative estimate of drug-likeness (QED) is 0.596. The predicted octanol–water partition coefficient (Wildman–Crippen LogP) is 3.62. The smallest absolute Gasteiger partial charge is 0.265 e. The number of carbonyl (C=O) groups is 1. The zero-order valence-electron chi connectivity index (χ0n) is 14.5. The van der Waals surface area contributed by atoms with Gasteiger partial charge in [0.15, 0.2) is 0 Å². The number of thiophene rings is 1. The molecule has 0 spiro atoms. The van der Waals surface area contributed by atoms with Crippen LogP contribution in [-0.2, 0) is 21.4 Å². The van der Waals surface area contributed by atoms with Gasteiger partial charge in [-0.05, 0) is 29.0 Å². The van der Waals surface area contributed by atoms with Crippen molar-refractivity contribution in [3.05, 3.63) is 71.4 Å². The fraction of sp³-hybridized carbons (Fsp3) is 0.150. The van der Waals surface area contributed by atoms with Crippen molar-refractivity contribution in [1.29, 1.82) is 0 Å². The molecule has 0 unspecified atom stereocenters. The average Bonchev–Trinajstić information content (AvgIpc) is 3.24. The first-order valence-electron chi connectivity index (χ1n) is 8.48. The highest BCUT2D eigenvalue weighted by Gasteiger charge is 2.37. The number of carbonyl (C=O) groups excluding carboxylic acids is 1. The number of hydrogen-bond donors (Lipinski definition) is 0. The van der Waals surface area contributed by atoms with Crippen LogP contribution >= 0.6 is 11.3 Å². The van der Waals surface area contributed by atoms with Gasteiger partial charge in [-0.15, -0.1) is 17.9 Å². The summed E-state index contributed by atoms with van der Waals surface area (Å²) in [5.74, 6) is -0.253. The van der Waals surface area contributed by atoms with Crippen LogP contribution in [0.1, 0.15) is 4.88 Å². The first kappa shape index (κ1) is 17.8. The maximum Gasteiger partial charge on any atom is 0.265 e. The second-order valence-electron chi connectivity index (χ2n) is 6.29. The van der Waals surface area contributed by atoms with Crippen molar-refractivity contribution in [2.24, 2.45) is 0 Å². The third-order valence-corrected chi connectivity index (χ3v) is 7.25. The Kier molecular flexibility index (Phi) is 4.49. The monoisotopic (exact) mass is 398 g/mol. The summed E-state index contributed by atoms with van der Waals surface area (Å²) in [6.45, 7) is 4.29. The molecule has 7 heteroatoms. The van der Waals surface area contributed by atoms with Crippen LogP contribution in [-0.4, -0.2) is 32.3 Å². The van der Waals surface area contributed by atoms with E-state index in [-0.39, 0.29) is 17.3 Å². The van der Waals surface area contributed by atoms with Gasteiger partial charge in [-0.3, -0.25) is 9.10 Å². The lowest BCUT2D eigenvalue weighted by Gasteiger charge is -2.25. The third kappa shape index (κ3) is 3.02. The van der Waals surface area contributed by atoms with Gasteiger partial charge in [-0.2, -0.15) is 0 Å². The molecule has 2 heterocycles. The second kappa shape index (κ2) is 6.83.